The molecule has 0 radical (unpaired) electrons. The predicted octanol–water partition coefficient (Wildman–Crippen LogP) is 2.88. The minimum Gasteiger partial charge on any atom is -0.381 e. The zero-order valence-corrected chi connectivity index (χ0v) is 14.0. The maximum absolute atomic E-state index is 6.12. The van der Waals surface area contributed by atoms with Crippen LogP contribution in [-0.2, 0) is 16.1 Å². The van der Waals surface area contributed by atoms with Gasteiger partial charge in [-0.05, 0) is 48.8 Å². The fraction of sp³-hybridized carbons (Fsp3) is 0.737. The highest BCUT2D eigenvalue weighted by molar-refractivity contribution is 5.08. The van der Waals surface area contributed by atoms with Gasteiger partial charge in [-0.15, -0.1) is 0 Å². The van der Waals surface area contributed by atoms with E-state index in [1.165, 1.54) is 50.8 Å². The molecular formula is C19H28N2O2. The molecule has 0 bridgehead atoms. The van der Waals surface area contributed by atoms with Crippen molar-refractivity contribution in [3.8, 4) is 0 Å². The van der Waals surface area contributed by atoms with Crippen molar-refractivity contribution in [3.63, 3.8) is 0 Å². The molecule has 0 N–H and O–H groups in total. The lowest BCUT2D eigenvalue weighted by atomic mass is 9.72. The largest absolute Gasteiger partial charge is 0.381 e. The summed E-state index contributed by atoms with van der Waals surface area (Å²) in [4.78, 5) is 6.83. The van der Waals surface area contributed by atoms with Gasteiger partial charge in [0.15, 0.2) is 0 Å². The zero-order valence-electron chi connectivity index (χ0n) is 14.0. The van der Waals surface area contributed by atoms with Crippen molar-refractivity contribution in [1.29, 1.82) is 0 Å². The molecule has 0 aromatic carbocycles. The van der Waals surface area contributed by atoms with Gasteiger partial charge >= 0.3 is 0 Å². The number of hydrogen-bond donors (Lipinski definition) is 0. The van der Waals surface area contributed by atoms with E-state index in [1.807, 2.05) is 24.5 Å². The molecule has 1 aliphatic carbocycles. The molecule has 1 unspecified atom stereocenters. The summed E-state index contributed by atoms with van der Waals surface area (Å²) in [5, 5.41) is 0. The van der Waals surface area contributed by atoms with Gasteiger partial charge in [0.05, 0.1) is 13.2 Å². The molecule has 2 aliphatic heterocycles. The van der Waals surface area contributed by atoms with E-state index >= 15 is 0 Å². The topological polar surface area (TPSA) is 34.6 Å². The normalized spacial score (nSPS) is 28.1. The Morgan fingerprint density at radius 2 is 2.00 bits per heavy atom. The zero-order chi connectivity index (χ0) is 15.5. The van der Waals surface area contributed by atoms with E-state index in [-0.39, 0.29) is 0 Å². The minimum absolute atomic E-state index is 0.437. The fourth-order valence-corrected chi connectivity index (χ4v) is 4.48. The van der Waals surface area contributed by atoms with Crippen molar-refractivity contribution < 1.29 is 9.47 Å². The third-order valence-corrected chi connectivity index (χ3v) is 6.26. The van der Waals surface area contributed by atoms with Gasteiger partial charge in [0.2, 0.25) is 0 Å². The summed E-state index contributed by atoms with van der Waals surface area (Å²) in [5.74, 6) is 0.661. The van der Waals surface area contributed by atoms with Gasteiger partial charge in [0.25, 0.3) is 0 Å². The molecule has 3 aliphatic rings. The van der Waals surface area contributed by atoms with E-state index in [1.54, 1.807) is 0 Å². The predicted molar refractivity (Wildman–Crippen MR) is 89.1 cm³/mol. The third-order valence-electron chi connectivity index (χ3n) is 6.26. The highest BCUT2D eigenvalue weighted by atomic mass is 16.5. The van der Waals surface area contributed by atoms with Crippen LogP contribution < -0.4 is 0 Å². The van der Waals surface area contributed by atoms with Crippen molar-refractivity contribution in [3.05, 3.63) is 30.1 Å². The van der Waals surface area contributed by atoms with Gasteiger partial charge in [-0.2, -0.15) is 0 Å². The Hall–Kier alpha value is -0.970. The summed E-state index contributed by atoms with van der Waals surface area (Å²) < 4.78 is 11.8. The molecule has 1 aromatic heterocycles. The quantitative estimate of drug-likeness (QED) is 0.836. The number of ether oxygens (including phenoxy) is 2. The average Bonchev–Trinajstić information content (AvgIpc) is 2.85. The maximum Gasteiger partial charge on any atom is 0.0718 e. The molecule has 1 spiro atoms. The molecule has 126 valence electrons. The molecule has 2 saturated heterocycles. The molecular weight excluding hydrogens is 288 g/mol. The Morgan fingerprint density at radius 1 is 1.22 bits per heavy atom. The van der Waals surface area contributed by atoms with Gasteiger partial charge in [-0.1, -0.05) is 6.42 Å². The molecule has 4 nitrogen and oxygen atoms in total. The second-order valence-electron chi connectivity index (χ2n) is 7.56. The lowest BCUT2D eigenvalue weighted by Gasteiger charge is -2.39. The van der Waals surface area contributed by atoms with Crippen molar-refractivity contribution in [2.24, 2.45) is 11.3 Å². The number of nitrogens with zero attached hydrogens (tertiary/aromatic N) is 2. The first kappa shape index (κ1) is 15.6. The van der Waals surface area contributed by atoms with Gasteiger partial charge < -0.3 is 9.47 Å². The standard InChI is InChI=1S/C19H28N2O2/c1-2-18(3-1)21-12-17(19(15-21)6-10-22-11-7-19)14-23-13-16-4-8-20-9-5-16/h4-5,8-9,17-18H,1-3,6-7,10-15H2. The SMILES string of the molecule is c1cc(COCC2CN(C3CCC3)CC23CCOCC3)ccn1. The van der Waals surface area contributed by atoms with Crippen LogP contribution >= 0.6 is 0 Å². The molecule has 0 amide bonds. The van der Waals surface area contributed by atoms with Gasteiger partial charge in [-0.25, -0.2) is 0 Å². The van der Waals surface area contributed by atoms with Gasteiger partial charge in [0.1, 0.15) is 0 Å². The van der Waals surface area contributed by atoms with Crippen LogP contribution in [0.3, 0.4) is 0 Å². The van der Waals surface area contributed by atoms with Crippen molar-refractivity contribution >= 4 is 0 Å². The molecule has 1 atom stereocenters. The van der Waals surface area contributed by atoms with Gasteiger partial charge in [-0.3, -0.25) is 9.88 Å². The van der Waals surface area contributed by atoms with Crippen LogP contribution in [0, 0.1) is 11.3 Å². The fourth-order valence-electron chi connectivity index (χ4n) is 4.48. The van der Waals surface area contributed by atoms with Crippen LogP contribution in [0.5, 0.6) is 0 Å². The molecule has 1 saturated carbocycles. The van der Waals surface area contributed by atoms with Crippen LogP contribution in [0.2, 0.25) is 0 Å². The van der Waals surface area contributed by atoms with E-state index in [9.17, 15) is 0 Å². The van der Waals surface area contributed by atoms with Crippen LogP contribution in [0.15, 0.2) is 24.5 Å². The van der Waals surface area contributed by atoms with E-state index in [4.69, 9.17) is 9.47 Å². The molecule has 1 aromatic rings. The Bertz CT molecular complexity index is 497. The Balaban J connectivity index is 1.37. The van der Waals surface area contributed by atoms with E-state index in [0.717, 1.165) is 25.9 Å². The van der Waals surface area contributed by atoms with Crippen LogP contribution in [0.25, 0.3) is 0 Å². The highest BCUT2D eigenvalue weighted by Gasteiger charge is 2.49. The molecule has 23 heavy (non-hydrogen) atoms. The number of pyridine rings is 1. The maximum atomic E-state index is 6.12. The average molecular weight is 316 g/mol. The first-order valence-corrected chi connectivity index (χ1v) is 9.14. The van der Waals surface area contributed by atoms with Crippen molar-refractivity contribution in [2.75, 3.05) is 32.9 Å². The smallest absolute Gasteiger partial charge is 0.0718 e. The molecule has 4 heteroatoms. The number of hydrogen-bond acceptors (Lipinski definition) is 4. The van der Waals surface area contributed by atoms with Crippen LogP contribution in [0.1, 0.15) is 37.7 Å². The number of aromatic nitrogens is 1. The summed E-state index contributed by atoms with van der Waals surface area (Å²) in [6, 6.07) is 4.93. The number of likely N-dealkylation sites (tertiary alicyclic amines) is 1. The summed E-state index contributed by atoms with van der Waals surface area (Å²) in [7, 11) is 0. The monoisotopic (exact) mass is 316 g/mol. The van der Waals surface area contributed by atoms with E-state index in [0.29, 0.717) is 17.9 Å². The highest BCUT2D eigenvalue weighted by Crippen LogP contribution is 2.46. The second kappa shape index (κ2) is 6.88. The first-order chi connectivity index (χ1) is 11.4. The lowest BCUT2D eigenvalue weighted by Crippen LogP contribution is -2.41. The molecule has 3 fully saturated rings. The summed E-state index contributed by atoms with van der Waals surface area (Å²) in [6.45, 7) is 5.94. The van der Waals surface area contributed by atoms with Crippen molar-refractivity contribution in [2.45, 2.75) is 44.8 Å². The Labute approximate surface area is 139 Å². The summed E-state index contributed by atoms with van der Waals surface area (Å²) >= 11 is 0. The second-order valence-corrected chi connectivity index (χ2v) is 7.56. The van der Waals surface area contributed by atoms with Crippen LogP contribution in [0.4, 0.5) is 0 Å². The van der Waals surface area contributed by atoms with Crippen LogP contribution in [-0.4, -0.2) is 48.8 Å². The van der Waals surface area contributed by atoms with Crippen molar-refractivity contribution in [1.82, 2.24) is 9.88 Å². The first-order valence-electron chi connectivity index (χ1n) is 9.14. The summed E-state index contributed by atoms with van der Waals surface area (Å²) in [6.07, 6.45) is 10.3. The van der Waals surface area contributed by atoms with Gasteiger partial charge in [0, 0.05) is 50.7 Å². The minimum atomic E-state index is 0.437. The van der Waals surface area contributed by atoms with E-state index < -0.39 is 0 Å². The third kappa shape index (κ3) is 3.30. The lowest BCUT2D eigenvalue weighted by molar-refractivity contribution is -0.0268. The summed E-state index contributed by atoms with van der Waals surface area (Å²) in [5.41, 5.74) is 1.65. The molecule has 4 rings (SSSR count). The Kier molecular flexibility index (Phi) is 4.65. The molecule has 3 heterocycles. The number of rotatable bonds is 5. The Morgan fingerprint density at radius 3 is 2.70 bits per heavy atom. The van der Waals surface area contributed by atoms with E-state index in [2.05, 4.69) is 9.88 Å².